The van der Waals surface area contributed by atoms with Crippen molar-refractivity contribution in [3.8, 4) is 11.5 Å². The van der Waals surface area contributed by atoms with Crippen molar-refractivity contribution in [3.63, 3.8) is 0 Å². The number of halogens is 5. The Kier molecular flexibility index (Phi) is 20.9. The Morgan fingerprint density at radius 2 is 1.07 bits per heavy atom. The van der Waals surface area contributed by atoms with Crippen LogP contribution in [0, 0.1) is 0 Å². The predicted molar refractivity (Wildman–Crippen MR) is 286 cm³/mol. The second kappa shape index (κ2) is 26.6. The number of fused-ring (bicyclic) bond motifs is 2. The first kappa shape index (κ1) is 63.6. The van der Waals surface area contributed by atoms with E-state index in [-0.39, 0.29) is 23.5 Å². The highest BCUT2D eigenvalue weighted by molar-refractivity contribution is 7.84. The molecule has 6 aromatic rings. The number of carbonyl (C=O) groups excluding carboxylic acids is 2. The fraction of sp³-hybridized carbons (Fsp3) is 0.400. The number of nitrogens with two attached hydrogens (primary N) is 2. The number of aliphatic hydroxyl groups is 3. The molecule has 0 spiro atoms. The number of esters is 2. The van der Waals surface area contributed by atoms with Crippen LogP contribution in [0.4, 0.5) is 29.2 Å². The van der Waals surface area contributed by atoms with Crippen molar-refractivity contribution in [1.82, 2.24) is 29.3 Å². The molecule has 2 aliphatic heterocycles. The van der Waals surface area contributed by atoms with Crippen LogP contribution in [0.15, 0.2) is 119 Å². The zero-order valence-electron chi connectivity index (χ0n) is 44.0. The maximum Gasteiger partial charge on any atom is 0.459 e. The molecule has 4 heterocycles. The molecular formula is C50H59ClF4N8O16P2. The number of alkyl halides is 4. The van der Waals surface area contributed by atoms with E-state index in [0.29, 0.717) is 20.3 Å². The molecule has 0 amide bonds. The molecule has 2 aliphatic rings. The largest absolute Gasteiger partial charge is 0.462 e. The lowest BCUT2D eigenvalue weighted by atomic mass is 10.1. The second-order valence-electron chi connectivity index (χ2n) is 18.6. The third-order valence-electron chi connectivity index (χ3n) is 11.6. The Bertz CT molecular complexity index is 3390. The van der Waals surface area contributed by atoms with Crippen molar-refractivity contribution in [1.29, 1.82) is 0 Å². The first-order valence-electron chi connectivity index (χ1n) is 24.5. The summed E-state index contributed by atoms with van der Waals surface area (Å²) in [5.41, 5.74) is 8.51. The zero-order chi connectivity index (χ0) is 59.8. The van der Waals surface area contributed by atoms with Gasteiger partial charge < -0.3 is 54.8 Å². The standard InChI is InChI=1S/C25H29F2N4O8P.C16H19ClNO4P.C9H11F2N3O4/c1-14(2)37-22(33)15(3)30-40(35,39-18-10-6-8-16-7-4-5-9-17(16)18)36-13-19-21(32)25(26,27)23(38-19)31-12-11-20(28)29-24(31)34;1-11(2)21-16(19)12(3)18-23(17,20)22-15-10-6-8-13-7-4-5-9-14(13)15;10-9(11)6(16)4(3-15)18-7(9)14-2-1-5(12)13-8(14)17/h4-12,14-15,19,21,23,32H,13H2,1-3H3,(H,30,35)(H2,28,29,34);4-12H,1-3H3,(H,18,20);1-2,4,6-7,15-16H,3H2,(H2,12,13,17)/t15-,19+,21?,23+,40?;12-,23?;4-,6?,7-/m001/s1. The molecule has 81 heavy (non-hydrogen) atoms. The van der Waals surface area contributed by atoms with Crippen LogP contribution in [-0.4, -0.2) is 120 Å². The number of benzene rings is 4. The van der Waals surface area contributed by atoms with E-state index in [1.807, 2.05) is 30.3 Å². The summed E-state index contributed by atoms with van der Waals surface area (Å²) in [6.45, 7) is 4.20. The lowest BCUT2D eigenvalue weighted by Gasteiger charge is -2.25. The number of nitrogens with zero attached hydrogens (tertiary/aromatic N) is 4. The molecule has 2 aromatic heterocycles. The number of ether oxygens (including phenoxy) is 4. The van der Waals surface area contributed by atoms with Crippen molar-refractivity contribution in [3.05, 3.63) is 130 Å². The van der Waals surface area contributed by atoms with Crippen LogP contribution in [-0.2, 0) is 42.2 Å². The van der Waals surface area contributed by atoms with E-state index in [0.717, 1.165) is 40.7 Å². The monoisotopic (exact) mass is 1200 g/mol. The number of carbonyl (C=O) groups is 2. The van der Waals surface area contributed by atoms with Crippen LogP contribution in [0.3, 0.4) is 0 Å². The minimum atomic E-state index is -4.51. The molecule has 2 fully saturated rings. The van der Waals surface area contributed by atoms with Gasteiger partial charge in [0.15, 0.2) is 12.2 Å². The Hall–Kier alpha value is -6.55. The third-order valence-corrected chi connectivity index (χ3v) is 14.9. The van der Waals surface area contributed by atoms with E-state index in [1.165, 1.54) is 19.9 Å². The van der Waals surface area contributed by atoms with Crippen molar-refractivity contribution in [2.75, 3.05) is 24.7 Å². The molecule has 31 heteroatoms. The molecule has 4 unspecified atom stereocenters. The summed E-state index contributed by atoms with van der Waals surface area (Å²) in [6.07, 6.45) is -10.9. The number of aliphatic hydroxyl groups excluding tert-OH is 3. The van der Waals surface area contributed by atoms with Gasteiger partial charge in [0.05, 0.1) is 25.4 Å². The van der Waals surface area contributed by atoms with Crippen LogP contribution in [0.1, 0.15) is 54.0 Å². The van der Waals surface area contributed by atoms with Crippen molar-refractivity contribution in [2.45, 2.75) is 115 Å². The molecule has 0 aliphatic carbocycles. The van der Waals surface area contributed by atoms with Crippen LogP contribution in [0.2, 0.25) is 0 Å². The van der Waals surface area contributed by atoms with Gasteiger partial charge in [-0.3, -0.25) is 23.2 Å². The van der Waals surface area contributed by atoms with Crippen LogP contribution in [0.25, 0.3) is 21.5 Å². The molecule has 9 N–H and O–H groups in total. The number of nitrogen functional groups attached to an aromatic ring is 2. The Balaban J connectivity index is 0.000000217. The fourth-order valence-electron chi connectivity index (χ4n) is 7.77. The van der Waals surface area contributed by atoms with E-state index < -0.39 is 118 Å². The quantitative estimate of drug-likeness (QED) is 0.0285. The van der Waals surface area contributed by atoms with Gasteiger partial charge in [-0.15, -0.1) is 0 Å². The molecule has 0 radical (unpaired) electrons. The number of rotatable bonds is 18. The molecule has 10 atom stereocenters. The summed E-state index contributed by atoms with van der Waals surface area (Å²) in [5.74, 6) is -8.77. The van der Waals surface area contributed by atoms with Crippen molar-refractivity contribution >= 4 is 71.0 Å². The van der Waals surface area contributed by atoms with Gasteiger partial charge in [-0.2, -0.15) is 32.6 Å². The molecule has 4 aromatic carbocycles. The van der Waals surface area contributed by atoms with E-state index in [1.54, 1.807) is 76.2 Å². The Labute approximate surface area is 464 Å². The Morgan fingerprint density at radius 3 is 1.51 bits per heavy atom. The third kappa shape index (κ3) is 15.9. The first-order chi connectivity index (χ1) is 38.0. The minimum absolute atomic E-state index is 0.114. The second-order valence-corrected chi connectivity index (χ2v) is 23.1. The summed E-state index contributed by atoms with van der Waals surface area (Å²) in [6, 6.07) is 25.1. The number of nitrogens with one attached hydrogen (secondary N) is 2. The van der Waals surface area contributed by atoms with Gasteiger partial charge in [-0.05, 0) is 76.6 Å². The number of hydrogen-bond donors (Lipinski definition) is 7. The average molecular weight is 1200 g/mol. The van der Waals surface area contributed by atoms with Gasteiger partial charge in [0.1, 0.15) is 47.4 Å². The minimum Gasteiger partial charge on any atom is -0.462 e. The molecule has 0 saturated carbocycles. The van der Waals surface area contributed by atoms with Gasteiger partial charge in [-0.1, -0.05) is 72.8 Å². The van der Waals surface area contributed by atoms with Gasteiger partial charge >= 0.3 is 49.8 Å². The molecule has 8 rings (SSSR count). The molecule has 2 saturated heterocycles. The fourth-order valence-corrected chi connectivity index (χ4v) is 11.0. The molecule has 0 bridgehead atoms. The SMILES string of the molecule is CC(C)OC(=O)[C@H](C)NP(=O)(Cl)Oc1cccc2ccccc12.CC(C)OC(=O)[C@H](C)NP(=O)(OC[C@H]1O[C@@H](n2ccc(N)nc2=O)C(F)(F)C1O)Oc1cccc2ccccc12.Nc1ccn([C@@H]2O[C@H](CO)C(O)C2(F)F)c(=O)n1. The molecule has 440 valence electrons. The Morgan fingerprint density at radius 1 is 0.667 bits per heavy atom. The van der Waals surface area contributed by atoms with Crippen molar-refractivity contribution < 1.29 is 84.1 Å². The first-order valence-corrected chi connectivity index (χ1v) is 28.6. The van der Waals surface area contributed by atoms with Crippen LogP contribution >= 0.6 is 25.9 Å². The number of aromatic nitrogens is 4. The lowest BCUT2D eigenvalue weighted by molar-refractivity contribution is -0.149. The molecular weight excluding hydrogens is 1140 g/mol. The lowest BCUT2D eigenvalue weighted by Crippen LogP contribution is -2.42. The predicted octanol–water partition coefficient (Wildman–Crippen LogP) is 6.21. The number of anilines is 2. The highest BCUT2D eigenvalue weighted by Gasteiger charge is 2.61. The van der Waals surface area contributed by atoms with Gasteiger partial charge in [0, 0.05) is 34.4 Å². The van der Waals surface area contributed by atoms with Crippen LogP contribution in [0.5, 0.6) is 11.5 Å². The maximum absolute atomic E-state index is 15.0. The smallest absolute Gasteiger partial charge is 0.459 e. The highest BCUT2D eigenvalue weighted by Crippen LogP contribution is 2.51. The summed E-state index contributed by atoms with van der Waals surface area (Å²) in [7, 11) is -4.51. The van der Waals surface area contributed by atoms with Crippen molar-refractivity contribution in [2.24, 2.45) is 0 Å². The van der Waals surface area contributed by atoms with Gasteiger partial charge in [0.25, 0.3) is 0 Å². The van der Waals surface area contributed by atoms with E-state index in [2.05, 4.69) is 20.1 Å². The van der Waals surface area contributed by atoms with E-state index >= 15 is 0 Å². The maximum atomic E-state index is 15.0. The zero-order valence-corrected chi connectivity index (χ0v) is 46.5. The van der Waals surface area contributed by atoms with Gasteiger partial charge in [-0.25, -0.2) is 23.8 Å². The summed E-state index contributed by atoms with van der Waals surface area (Å²) in [4.78, 5) is 54.5. The highest BCUT2D eigenvalue weighted by atomic mass is 35.7. The van der Waals surface area contributed by atoms with E-state index in [4.69, 9.17) is 60.3 Å². The summed E-state index contributed by atoms with van der Waals surface area (Å²) >= 11 is 5.96. The van der Waals surface area contributed by atoms with E-state index in [9.17, 15) is 56.1 Å². The molecule has 24 nitrogen and oxygen atoms in total. The van der Waals surface area contributed by atoms with Gasteiger partial charge in [0.2, 0.25) is 12.5 Å². The normalized spacial score (nSPS) is 22.3. The van der Waals surface area contributed by atoms with Crippen LogP contribution < -0.4 is 42.1 Å². The number of hydrogen-bond acceptors (Lipinski definition) is 20. The average Bonchev–Trinajstić information content (AvgIpc) is 3.76. The topological polar surface area (TPSA) is 339 Å². The summed E-state index contributed by atoms with van der Waals surface area (Å²) in [5, 5.41) is 36.5. The summed E-state index contributed by atoms with van der Waals surface area (Å²) < 4.78 is 122.